The van der Waals surface area contributed by atoms with E-state index in [1.54, 1.807) is 18.2 Å². The van der Waals surface area contributed by atoms with Crippen molar-refractivity contribution in [2.45, 2.75) is 0 Å². The fraction of sp³-hybridized carbons (Fsp3) is 0. The van der Waals surface area contributed by atoms with Crippen LogP contribution in [0.5, 0.6) is 0 Å². The van der Waals surface area contributed by atoms with E-state index in [0.717, 1.165) is 12.1 Å². The molecule has 6 heteroatoms. The van der Waals surface area contributed by atoms with Gasteiger partial charge < -0.3 is 5.32 Å². The second-order valence-electron chi connectivity index (χ2n) is 3.64. The molecule has 0 aliphatic rings. The van der Waals surface area contributed by atoms with Crippen LogP contribution in [0.2, 0.25) is 5.02 Å². The lowest BCUT2D eigenvalue weighted by Crippen LogP contribution is -1.98. The number of nitrogens with zero attached hydrogens (tertiary/aromatic N) is 1. The Morgan fingerprint density at radius 2 is 2.00 bits per heavy atom. The van der Waals surface area contributed by atoms with Crippen LogP contribution >= 0.6 is 27.5 Å². The first-order chi connectivity index (χ1) is 9.02. The molecule has 1 N–H and O–H groups in total. The number of nitriles is 1. The molecule has 0 unspecified atom stereocenters. The maximum Gasteiger partial charge on any atom is 0.151 e. The van der Waals surface area contributed by atoms with Gasteiger partial charge in [0.2, 0.25) is 0 Å². The summed E-state index contributed by atoms with van der Waals surface area (Å²) in [5, 5.41) is 11.7. The van der Waals surface area contributed by atoms with E-state index in [1.165, 1.54) is 0 Å². The Balaban J connectivity index is 2.49. The molecular formula is C13H6BrClF2N2. The van der Waals surface area contributed by atoms with E-state index >= 15 is 0 Å². The molecule has 0 spiro atoms. The molecule has 0 saturated carbocycles. The Bertz CT molecular complexity index is 660. The molecule has 2 rings (SSSR count). The van der Waals surface area contributed by atoms with E-state index in [2.05, 4.69) is 21.2 Å². The lowest BCUT2D eigenvalue weighted by Gasteiger charge is -2.11. The normalized spacial score (nSPS) is 10.1. The number of anilines is 2. The molecule has 0 amide bonds. The summed E-state index contributed by atoms with van der Waals surface area (Å²) in [6.07, 6.45) is 0. The Morgan fingerprint density at radius 3 is 2.63 bits per heavy atom. The summed E-state index contributed by atoms with van der Waals surface area (Å²) in [6, 6.07) is 8.67. The topological polar surface area (TPSA) is 35.8 Å². The van der Waals surface area contributed by atoms with Crippen molar-refractivity contribution in [3.05, 3.63) is 57.0 Å². The second kappa shape index (κ2) is 5.55. The molecule has 0 aliphatic heterocycles. The van der Waals surface area contributed by atoms with Crippen LogP contribution in [0.4, 0.5) is 20.2 Å². The number of halogens is 4. The van der Waals surface area contributed by atoms with Crippen LogP contribution in [0.15, 0.2) is 34.8 Å². The van der Waals surface area contributed by atoms with E-state index in [9.17, 15) is 8.78 Å². The highest BCUT2D eigenvalue weighted by Gasteiger charge is 2.13. The Morgan fingerprint density at radius 1 is 1.26 bits per heavy atom. The summed E-state index contributed by atoms with van der Waals surface area (Å²) >= 11 is 9.00. The van der Waals surface area contributed by atoms with Gasteiger partial charge in [-0.3, -0.25) is 0 Å². The zero-order valence-corrected chi connectivity index (χ0v) is 11.7. The van der Waals surface area contributed by atoms with Gasteiger partial charge in [0, 0.05) is 10.5 Å². The Kier molecular flexibility index (Phi) is 4.03. The maximum absolute atomic E-state index is 13.7. The third-order valence-corrected chi connectivity index (χ3v) is 3.35. The molecular weight excluding hydrogens is 338 g/mol. The van der Waals surface area contributed by atoms with E-state index in [-0.39, 0.29) is 10.7 Å². The lowest BCUT2D eigenvalue weighted by atomic mass is 10.2. The first-order valence-corrected chi connectivity index (χ1v) is 6.30. The smallest absolute Gasteiger partial charge is 0.151 e. The van der Waals surface area contributed by atoms with Crippen LogP contribution in [0, 0.1) is 23.0 Å². The van der Waals surface area contributed by atoms with Gasteiger partial charge in [-0.05, 0) is 34.1 Å². The van der Waals surface area contributed by atoms with Gasteiger partial charge >= 0.3 is 0 Å². The third kappa shape index (κ3) is 2.86. The van der Waals surface area contributed by atoms with Gasteiger partial charge in [0.25, 0.3) is 0 Å². The molecule has 2 aromatic rings. The molecule has 0 saturated heterocycles. The molecule has 2 aromatic carbocycles. The molecule has 0 bridgehead atoms. The highest BCUT2D eigenvalue weighted by Crippen LogP contribution is 2.32. The Labute approximate surface area is 121 Å². The minimum atomic E-state index is -0.825. The van der Waals surface area contributed by atoms with Gasteiger partial charge in [-0.25, -0.2) is 8.78 Å². The minimum absolute atomic E-state index is 0.0716. The minimum Gasteiger partial charge on any atom is -0.351 e. The first kappa shape index (κ1) is 13.8. The number of rotatable bonds is 2. The summed E-state index contributed by atoms with van der Waals surface area (Å²) in [6.45, 7) is 0. The van der Waals surface area contributed by atoms with Crippen LogP contribution < -0.4 is 5.32 Å². The quantitative estimate of drug-likeness (QED) is 0.833. The molecule has 0 radical (unpaired) electrons. The fourth-order valence-corrected chi connectivity index (χ4v) is 2.23. The van der Waals surface area contributed by atoms with Crippen LogP contribution in [0.1, 0.15) is 5.56 Å². The van der Waals surface area contributed by atoms with E-state index in [4.69, 9.17) is 16.9 Å². The summed E-state index contributed by atoms with van der Waals surface area (Å²) in [4.78, 5) is 0. The lowest BCUT2D eigenvalue weighted by molar-refractivity contribution is 0.586. The standard InChI is InChI=1S/C13H6BrClF2N2/c14-9-2-1-3-12(8(9)6-18)19-13-10(15)4-7(16)5-11(13)17/h1-5,19H. The highest BCUT2D eigenvalue weighted by molar-refractivity contribution is 9.10. The zero-order chi connectivity index (χ0) is 14.0. The molecule has 0 aliphatic carbocycles. The van der Waals surface area contributed by atoms with Crippen molar-refractivity contribution in [1.29, 1.82) is 5.26 Å². The van der Waals surface area contributed by atoms with Crippen LogP contribution in [-0.4, -0.2) is 0 Å². The van der Waals surface area contributed by atoms with Crippen molar-refractivity contribution < 1.29 is 8.78 Å². The summed E-state index contributed by atoms with van der Waals surface area (Å²) < 4.78 is 27.2. The van der Waals surface area contributed by atoms with Crippen LogP contribution in [-0.2, 0) is 0 Å². The van der Waals surface area contributed by atoms with E-state index in [0.29, 0.717) is 15.7 Å². The second-order valence-corrected chi connectivity index (χ2v) is 4.91. The van der Waals surface area contributed by atoms with Gasteiger partial charge in [0.15, 0.2) is 5.82 Å². The monoisotopic (exact) mass is 342 g/mol. The average molecular weight is 344 g/mol. The van der Waals surface area contributed by atoms with Crippen molar-refractivity contribution in [2.75, 3.05) is 5.32 Å². The maximum atomic E-state index is 13.7. The largest absolute Gasteiger partial charge is 0.351 e. The zero-order valence-electron chi connectivity index (χ0n) is 9.35. The summed E-state index contributed by atoms with van der Waals surface area (Å²) in [7, 11) is 0. The SMILES string of the molecule is N#Cc1c(Br)cccc1Nc1c(F)cc(F)cc1Cl. The number of benzene rings is 2. The number of hydrogen-bond donors (Lipinski definition) is 1. The summed E-state index contributed by atoms with van der Waals surface area (Å²) in [5.41, 5.74) is 0.615. The van der Waals surface area contributed by atoms with E-state index in [1.807, 2.05) is 6.07 Å². The predicted molar refractivity (Wildman–Crippen MR) is 73.5 cm³/mol. The van der Waals surface area contributed by atoms with Gasteiger partial charge in [0.05, 0.1) is 22.0 Å². The molecule has 0 atom stereocenters. The van der Waals surface area contributed by atoms with Gasteiger partial charge in [-0.15, -0.1) is 0 Å². The molecule has 0 heterocycles. The van der Waals surface area contributed by atoms with Crippen LogP contribution in [0.25, 0.3) is 0 Å². The third-order valence-electron chi connectivity index (χ3n) is 2.39. The summed E-state index contributed by atoms with van der Waals surface area (Å²) in [5.74, 6) is -1.59. The van der Waals surface area contributed by atoms with Gasteiger partial charge in [-0.2, -0.15) is 5.26 Å². The van der Waals surface area contributed by atoms with Crippen molar-refractivity contribution in [1.82, 2.24) is 0 Å². The molecule has 0 fully saturated rings. The molecule has 96 valence electrons. The highest BCUT2D eigenvalue weighted by atomic mass is 79.9. The van der Waals surface area contributed by atoms with Crippen molar-refractivity contribution in [3.63, 3.8) is 0 Å². The molecule has 19 heavy (non-hydrogen) atoms. The molecule has 0 aromatic heterocycles. The van der Waals surface area contributed by atoms with Crippen molar-refractivity contribution in [3.8, 4) is 6.07 Å². The van der Waals surface area contributed by atoms with Gasteiger partial charge in [-0.1, -0.05) is 17.7 Å². The first-order valence-electron chi connectivity index (χ1n) is 5.13. The van der Waals surface area contributed by atoms with Crippen molar-refractivity contribution in [2.24, 2.45) is 0 Å². The number of nitrogens with one attached hydrogen (secondary N) is 1. The van der Waals surface area contributed by atoms with Crippen LogP contribution in [0.3, 0.4) is 0 Å². The van der Waals surface area contributed by atoms with Gasteiger partial charge in [0.1, 0.15) is 11.9 Å². The predicted octanol–water partition coefficient (Wildman–Crippen LogP) is 5.00. The van der Waals surface area contributed by atoms with Crippen molar-refractivity contribution >= 4 is 38.9 Å². The fourth-order valence-electron chi connectivity index (χ4n) is 1.54. The average Bonchev–Trinajstić information content (AvgIpc) is 2.34. The molecule has 2 nitrogen and oxygen atoms in total. The number of hydrogen-bond acceptors (Lipinski definition) is 2. The Hall–Kier alpha value is -1.64. The van der Waals surface area contributed by atoms with E-state index < -0.39 is 11.6 Å².